The predicted molar refractivity (Wildman–Crippen MR) is 74.6 cm³/mol. The van der Waals surface area contributed by atoms with Gasteiger partial charge in [0.2, 0.25) is 0 Å². The third-order valence-corrected chi connectivity index (χ3v) is 3.12. The summed E-state index contributed by atoms with van der Waals surface area (Å²) in [5, 5.41) is 4.22. The Morgan fingerprint density at radius 2 is 2.15 bits per heavy atom. The number of aromatic nitrogens is 4. The number of methoxy groups -OCH3 is 1. The molecule has 0 spiro atoms. The van der Waals surface area contributed by atoms with Gasteiger partial charge in [-0.3, -0.25) is 4.79 Å². The van der Waals surface area contributed by atoms with Crippen LogP contribution in [-0.2, 0) is 11.3 Å². The second kappa shape index (κ2) is 7.73. The standard InChI is InChI=1S/C12H15N5O2S/c1-19-5-4-13-6-9-7-15-11(16-8-9)20-12-14-3-2-10(18)17-12/h2-3,7-8,13H,4-6H2,1H3,(H,14,17,18). The van der Waals surface area contributed by atoms with Gasteiger partial charge in [-0.1, -0.05) is 0 Å². The van der Waals surface area contributed by atoms with E-state index in [2.05, 4.69) is 25.3 Å². The smallest absolute Gasteiger partial charge is 0.251 e. The van der Waals surface area contributed by atoms with Gasteiger partial charge in [-0.2, -0.15) is 0 Å². The molecule has 2 aromatic heterocycles. The first kappa shape index (κ1) is 14.6. The molecule has 2 N–H and O–H groups in total. The van der Waals surface area contributed by atoms with E-state index >= 15 is 0 Å². The Labute approximate surface area is 120 Å². The number of hydrogen-bond acceptors (Lipinski definition) is 7. The van der Waals surface area contributed by atoms with Gasteiger partial charge < -0.3 is 15.0 Å². The van der Waals surface area contributed by atoms with Gasteiger partial charge in [0, 0.05) is 50.4 Å². The van der Waals surface area contributed by atoms with Crippen molar-refractivity contribution in [3.63, 3.8) is 0 Å². The molecule has 2 rings (SSSR count). The largest absolute Gasteiger partial charge is 0.383 e. The number of H-pyrrole nitrogens is 1. The van der Waals surface area contributed by atoms with Crippen molar-refractivity contribution in [2.24, 2.45) is 0 Å². The lowest BCUT2D eigenvalue weighted by atomic mass is 10.3. The predicted octanol–water partition coefficient (Wildman–Crippen LogP) is 0.447. The van der Waals surface area contributed by atoms with Crippen LogP contribution in [0.4, 0.5) is 0 Å². The van der Waals surface area contributed by atoms with Gasteiger partial charge >= 0.3 is 0 Å². The average Bonchev–Trinajstić information content (AvgIpc) is 2.45. The molecule has 0 aliphatic carbocycles. The summed E-state index contributed by atoms with van der Waals surface area (Å²) in [5.41, 5.74) is 0.793. The Morgan fingerprint density at radius 1 is 1.35 bits per heavy atom. The molecule has 0 aliphatic rings. The van der Waals surface area contributed by atoms with E-state index in [-0.39, 0.29) is 5.56 Å². The van der Waals surface area contributed by atoms with Crippen LogP contribution in [0.2, 0.25) is 0 Å². The molecule has 2 aromatic rings. The van der Waals surface area contributed by atoms with Crippen LogP contribution in [0.1, 0.15) is 5.56 Å². The van der Waals surface area contributed by atoms with E-state index in [0.717, 1.165) is 12.1 Å². The highest BCUT2D eigenvalue weighted by Gasteiger charge is 2.03. The summed E-state index contributed by atoms with van der Waals surface area (Å²) in [4.78, 5) is 26.2. The van der Waals surface area contributed by atoms with Crippen LogP contribution in [0.5, 0.6) is 0 Å². The van der Waals surface area contributed by atoms with Crippen LogP contribution in [0.3, 0.4) is 0 Å². The number of hydrogen-bond donors (Lipinski definition) is 2. The van der Waals surface area contributed by atoms with Crippen LogP contribution in [-0.4, -0.2) is 40.2 Å². The number of aromatic amines is 1. The van der Waals surface area contributed by atoms with Crippen molar-refractivity contribution in [3.8, 4) is 0 Å². The molecular formula is C12H15N5O2S. The minimum absolute atomic E-state index is 0.193. The number of rotatable bonds is 7. The fourth-order valence-electron chi connectivity index (χ4n) is 1.38. The molecule has 0 amide bonds. The van der Waals surface area contributed by atoms with Crippen molar-refractivity contribution >= 4 is 11.8 Å². The quantitative estimate of drug-likeness (QED) is 0.565. The summed E-state index contributed by atoms with van der Waals surface area (Å²) in [6, 6.07) is 1.36. The van der Waals surface area contributed by atoms with Gasteiger partial charge in [-0.25, -0.2) is 15.0 Å². The van der Waals surface area contributed by atoms with E-state index in [1.807, 2.05) is 0 Å². The molecule has 2 heterocycles. The molecule has 0 saturated carbocycles. The van der Waals surface area contributed by atoms with Gasteiger partial charge in [-0.15, -0.1) is 0 Å². The summed E-state index contributed by atoms with van der Waals surface area (Å²) in [6.45, 7) is 2.14. The van der Waals surface area contributed by atoms with E-state index in [1.165, 1.54) is 24.0 Å². The van der Waals surface area contributed by atoms with Crippen molar-refractivity contribution in [1.82, 2.24) is 25.3 Å². The van der Waals surface area contributed by atoms with Crippen LogP contribution < -0.4 is 10.9 Å². The van der Waals surface area contributed by atoms with Crippen molar-refractivity contribution in [1.29, 1.82) is 0 Å². The molecule has 8 heteroatoms. The van der Waals surface area contributed by atoms with E-state index in [1.54, 1.807) is 19.5 Å². The van der Waals surface area contributed by atoms with Crippen molar-refractivity contribution < 1.29 is 4.74 Å². The molecule has 20 heavy (non-hydrogen) atoms. The molecule has 0 aromatic carbocycles. The van der Waals surface area contributed by atoms with Crippen molar-refractivity contribution in [2.75, 3.05) is 20.3 Å². The Morgan fingerprint density at radius 3 is 2.85 bits per heavy atom. The molecule has 0 bridgehead atoms. The minimum Gasteiger partial charge on any atom is -0.383 e. The zero-order valence-electron chi connectivity index (χ0n) is 11.0. The molecule has 0 radical (unpaired) electrons. The van der Waals surface area contributed by atoms with Crippen LogP contribution in [0, 0.1) is 0 Å². The van der Waals surface area contributed by atoms with E-state index in [9.17, 15) is 4.79 Å². The average molecular weight is 293 g/mol. The molecule has 106 valence electrons. The lowest BCUT2D eigenvalue weighted by molar-refractivity contribution is 0.199. The summed E-state index contributed by atoms with van der Waals surface area (Å²) in [7, 11) is 1.67. The van der Waals surface area contributed by atoms with E-state index in [4.69, 9.17) is 4.74 Å². The van der Waals surface area contributed by atoms with Gasteiger partial charge in [0.1, 0.15) is 0 Å². The van der Waals surface area contributed by atoms with E-state index in [0.29, 0.717) is 23.5 Å². The van der Waals surface area contributed by atoms with Crippen LogP contribution >= 0.6 is 11.8 Å². The fourth-order valence-corrected chi connectivity index (χ4v) is 2.03. The fraction of sp³-hybridized carbons (Fsp3) is 0.333. The number of ether oxygens (including phenoxy) is 1. The van der Waals surface area contributed by atoms with Crippen molar-refractivity contribution in [3.05, 3.63) is 40.6 Å². The third kappa shape index (κ3) is 4.72. The Balaban J connectivity index is 1.89. The summed E-state index contributed by atoms with van der Waals surface area (Å²) < 4.78 is 4.94. The summed E-state index contributed by atoms with van der Waals surface area (Å²) in [5.74, 6) is 0. The highest BCUT2D eigenvalue weighted by atomic mass is 32.2. The molecule has 0 aliphatic heterocycles. The third-order valence-electron chi connectivity index (χ3n) is 2.33. The van der Waals surface area contributed by atoms with Gasteiger partial charge in [0.15, 0.2) is 10.3 Å². The van der Waals surface area contributed by atoms with Gasteiger partial charge in [0.05, 0.1) is 6.61 Å². The number of nitrogens with zero attached hydrogens (tertiary/aromatic N) is 3. The lowest BCUT2D eigenvalue weighted by Crippen LogP contribution is -2.18. The lowest BCUT2D eigenvalue weighted by Gasteiger charge is -2.04. The van der Waals surface area contributed by atoms with Gasteiger partial charge in [0.25, 0.3) is 5.56 Å². The van der Waals surface area contributed by atoms with Crippen LogP contribution in [0.15, 0.2) is 39.8 Å². The van der Waals surface area contributed by atoms with Gasteiger partial charge in [-0.05, 0) is 11.8 Å². The normalized spacial score (nSPS) is 10.7. The SMILES string of the molecule is COCCNCc1cnc(Sc2nccc(=O)[nH]2)nc1. The zero-order valence-corrected chi connectivity index (χ0v) is 11.8. The molecule has 0 saturated heterocycles. The minimum atomic E-state index is -0.193. The Hall–Kier alpha value is -1.77. The first-order valence-corrected chi connectivity index (χ1v) is 6.83. The van der Waals surface area contributed by atoms with E-state index < -0.39 is 0 Å². The Kier molecular flexibility index (Phi) is 5.66. The first-order chi connectivity index (χ1) is 9.78. The summed E-state index contributed by atoms with van der Waals surface area (Å²) in [6.07, 6.45) is 4.95. The highest BCUT2D eigenvalue weighted by molar-refractivity contribution is 7.99. The second-order valence-electron chi connectivity index (χ2n) is 3.88. The maximum atomic E-state index is 11.1. The molecular weight excluding hydrogens is 278 g/mol. The molecule has 0 atom stereocenters. The topological polar surface area (TPSA) is 92.8 Å². The second-order valence-corrected chi connectivity index (χ2v) is 4.84. The molecule has 0 unspecified atom stereocenters. The summed E-state index contributed by atoms with van der Waals surface area (Å²) >= 11 is 1.21. The maximum Gasteiger partial charge on any atom is 0.251 e. The maximum absolute atomic E-state index is 11.1. The first-order valence-electron chi connectivity index (χ1n) is 6.01. The zero-order chi connectivity index (χ0) is 14.2. The molecule has 0 fully saturated rings. The Bertz CT molecular complexity index is 587. The molecule has 7 nitrogen and oxygen atoms in total. The van der Waals surface area contributed by atoms with Crippen molar-refractivity contribution in [2.45, 2.75) is 16.9 Å². The highest BCUT2D eigenvalue weighted by Crippen LogP contribution is 2.18. The monoisotopic (exact) mass is 293 g/mol. The number of nitrogens with one attached hydrogen (secondary N) is 2. The van der Waals surface area contributed by atoms with Crippen LogP contribution in [0.25, 0.3) is 0 Å².